The molecule has 5 nitrogen and oxygen atoms in total. The van der Waals surface area contributed by atoms with E-state index in [1.807, 2.05) is 36.4 Å². The second kappa shape index (κ2) is 5.89. The van der Waals surface area contributed by atoms with E-state index in [9.17, 15) is 0 Å². The van der Waals surface area contributed by atoms with Crippen LogP contribution in [-0.4, -0.2) is 25.1 Å². The Labute approximate surface area is 137 Å². The summed E-state index contributed by atoms with van der Waals surface area (Å²) in [6, 6.07) is 16.2. The van der Waals surface area contributed by atoms with Gasteiger partial charge in [0.25, 0.3) is 0 Å². The molecule has 0 bridgehead atoms. The number of hydrogen-bond acceptors (Lipinski definition) is 4. The molecule has 114 valence electrons. The van der Waals surface area contributed by atoms with Crippen molar-refractivity contribution in [1.82, 2.24) is 25.1 Å². The first-order valence-electron chi connectivity index (χ1n) is 7.34. The van der Waals surface area contributed by atoms with E-state index in [2.05, 4.69) is 44.2 Å². The lowest BCUT2D eigenvalue weighted by molar-refractivity contribution is 0.970. The standard InChI is InChI=1S/C17H15N5S/c1-11-7-8-13-14(9-11)19-15(18-13)10-23-17-20-16(21-22-17)12-5-3-2-4-6-12/h2-9H,10H2,1H3,(H,18,19)(H,20,21,22). The van der Waals surface area contributed by atoms with Gasteiger partial charge in [0.15, 0.2) is 11.0 Å². The van der Waals surface area contributed by atoms with Gasteiger partial charge in [-0.15, -0.1) is 0 Å². The Hall–Kier alpha value is -2.60. The third kappa shape index (κ3) is 2.98. The van der Waals surface area contributed by atoms with Gasteiger partial charge in [-0.3, -0.25) is 5.10 Å². The maximum absolute atomic E-state index is 4.60. The summed E-state index contributed by atoms with van der Waals surface area (Å²) in [5, 5.41) is 8.04. The fraction of sp³-hybridized carbons (Fsp3) is 0.118. The molecule has 0 saturated heterocycles. The molecule has 0 unspecified atom stereocenters. The number of fused-ring (bicyclic) bond motifs is 1. The van der Waals surface area contributed by atoms with Crippen molar-refractivity contribution in [3.63, 3.8) is 0 Å². The molecule has 0 amide bonds. The van der Waals surface area contributed by atoms with Gasteiger partial charge in [0.1, 0.15) is 5.82 Å². The van der Waals surface area contributed by atoms with Crippen molar-refractivity contribution < 1.29 is 0 Å². The highest BCUT2D eigenvalue weighted by Crippen LogP contribution is 2.22. The summed E-state index contributed by atoms with van der Waals surface area (Å²) >= 11 is 1.59. The number of aromatic nitrogens is 5. The summed E-state index contributed by atoms with van der Waals surface area (Å²) in [5.41, 5.74) is 4.30. The molecule has 0 spiro atoms. The van der Waals surface area contributed by atoms with E-state index < -0.39 is 0 Å². The van der Waals surface area contributed by atoms with Crippen molar-refractivity contribution >= 4 is 22.8 Å². The van der Waals surface area contributed by atoms with Crippen LogP contribution in [0, 0.1) is 6.92 Å². The van der Waals surface area contributed by atoms with Gasteiger partial charge in [0.05, 0.1) is 16.8 Å². The number of aryl methyl sites for hydroxylation is 1. The molecule has 6 heteroatoms. The monoisotopic (exact) mass is 321 g/mol. The minimum Gasteiger partial charge on any atom is -0.341 e. The fourth-order valence-corrected chi connectivity index (χ4v) is 3.08. The maximum Gasteiger partial charge on any atom is 0.184 e. The first-order chi connectivity index (χ1) is 11.3. The van der Waals surface area contributed by atoms with Crippen molar-refractivity contribution in [2.45, 2.75) is 17.8 Å². The van der Waals surface area contributed by atoms with Crippen LogP contribution in [0.15, 0.2) is 53.7 Å². The highest BCUT2D eigenvalue weighted by molar-refractivity contribution is 7.98. The van der Waals surface area contributed by atoms with Gasteiger partial charge in [-0.25, -0.2) is 9.97 Å². The van der Waals surface area contributed by atoms with Crippen molar-refractivity contribution in [3.05, 3.63) is 59.9 Å². The van der Waals surface area contributed by atoms with Gasteiger partial charge in [0.2, 0.25) is 0 Å². The molecule has 0 fully saturated rings. The molecule has 0 atom stereocenters. The predicted octanol–water partition coefficient (Wildman–Crippen LogP) is 3.95. The summed E-state index contributed by atoms with van der Waals surface area (Å²) in [7, 11) is 0. The molecule has 2 aromatic heterocycles. The first kappa shape index (κ1) is 14.0. The summed E-state index contributed by atoms with van der Waals surface area (Å²) in [4.78, 5) is 12.5. The first-order valence-corrected chi connectivity index (χ1v) is 8.32. The van der Waals surface area contributed by atoms with E-state index >= 15 is 0 Å². The van der Waals surface area contributed by atoms with Gasteiger partial charge in [-0.05, 0) is 24.6 Å². The third-order valence-corrected chi connectivity index (χ3v) is 4.40. The Kier molecular flexibility index (Phi) is 3.59. The highest BCUT2D eigenvalue weighted by atomic mass is 32.2. The van der Waals surface area contributed by atoms with E-state index in [0.29, 0.717) is 5.82 Å². The molecule has 2 heterocycles. The minimum absolute atomic E-state index is 0.716. The van der Waals surface area contributed by atoms with Crippen LogP contribution in [0.4, 0.5) is 0 Å². The van der Waals surface area contributed by atoms with Crippen molar-refractivity contribution in [3.8, 4) is 11.4 Å². The number of nitrogens with zero attached hydrogens (tertiary/aromatic N) is 3. The Balaban J connectivity index is 1.49. The molecule has 4 aromatic rings. The number of rotatable bonds is 4. The zero-order valence-corrected chi connectivity index (χ0v) is 13.4. The summed E-state index contributed by atoms with van der Waals surface area (Å²) in [6.45, 7) is 2.08. The number of thioether (sulfide) groups is 1. The number of hydrogen-bond donors (Lipinski definition) is 2. The van der Waals surface area contributed by atoms with Crippen LogP contribution in [0.2, 0.25) is 0 Å². The van der Waals surface area contributed by atoms with Crippen LogP contribution < -0.4 is 0 Å². The topological polar surface area (TPSA) is 70.2 Å². The fourth-order valence-electron chi connectivity index (χ4n) is 2.41. The number of benzene rings is 2. The Morgan fingerprint density at radius 3 is 2.78 bits per heavy atom. The van der Waals surface area contributed by atoms with Crippen molar-refractivity contribution in [2.75, 3.05) is 0 Å². The van der Waals surface area contributed by atoms with E-state index in [0.717, 1.165) is 33.3 Å². The molecule has 0 aliphatic heterocycles. The van der Waals surface area contributed by atoms with Crippen molar-refractivity contribution in [2.24, 2.45) is 0 Å². The molecular weight excluding hydrogens is 306 g/mol. The number of nitrogens with one attached hydrogen (secondary N) is 2. The van der Waals surface area contributed by atoms with Crippen LogP contribution in [-0.2, 0) is 5.75 Å². The SMILES string of the molecule is Cc1ccc2nc(CSc3nc(-c4ccccc4)n[nH]3)[nH]c2c1. The largest absolute Gasteiger partial charge is 0.341 e. The maximum atomic E-state index is 4.60. The predicted molar refractivity (Wildman–Crippen MR) is 92.2 cm³/mol. The van der Waals surface area contributed by atoms with Gasteiger partial charge >= 0.3 is 0 Å². The number of aromatic amines is 2. The highest BCUT2D eigenvalue weighted by Gasteiger charge is 2.08. The molecule has 4 rings (SSSR count). The lowest BCUT2D eigenvalue weighted by Crippen LogP contribution is -1.84. The molecule has 2 N–H and O–H groups in total. The Morgan fingerprint density at radius 2 is 1.91 bits per heavy atom. The Bertz CT molecular complexity index is 942. The molecule has 0 saturated carbocycles. The minimum atomic E-state index is 0.716. The quantitative estimate of drug-likeness (QED) is 0.558. The second-order valence-electron chi connectivity index (χ2n) is 5.32. The van der Waals surface area contributed by atoms with Gasteiger partial charge in [-0.1, -0.05) is 48.2 Å². The van der Waals surface area contributed by atoms with E-state index in [4.69, 9.17) is 0 Å². The average Bonchev–Trinajstić information content (AvgIpc) is 3.20. The molecule has 23 heavy (non-hydrogen) atoms. The van der Waals surface area contributed by atoms with E-state index in [1.165, 1.54) is 5.56 Å². The van der Waals surface area contributed by atoms with Gasteiger partial charge in [-0.2, -0.15) is 5.10 Å². The van der Waals surface area contributed by atoms with Crippen LogP contribution >= 0.6 is 11.8 Å². The van der Waals surface area contributed by atoms with Crippen LogP contribution in [0.1, 0.15) is 11.4 Å². The normalized spacial score (nSPS) is 11.2. The zero-order chi connectivity index (χ0) is 15.6. The molecule has 0 radical (unpaired) electrons. The lowest BCUT2D eigenvalue weighted by atomic mass is 10.2. The van der Waals surface area contributed by atoms with Gasteiger partial charge in [0, 0.05) is 5.56 Å². The van der Waals surface area contributed by atoms with E-state index in [-0.39, 0.29) is 0 Å². The summed E-state index contributed by atoms with van der Waals surface area (Å²) in [6.07, 6.45) is 0. The van der Waals surface area contributed by atoms with Crippen molar-refractivity contribution in [1.29, 1.82) is 0 Å². The molecule has 0 aliphatic rings. The zero-order valence-electron chi connectivity index (χ0n) is 12.6. The van der Waals surface area contributed by atoms with E-state index in [1.54, 1.807) is 11.8 Å². The van der Waals surface area contributed by atoms with Crippen LogP contribution in [0.3, 0.4) is 0 Å². The number of imidazole rings is 1. The Morgan fingerprint density at radius 1 is 1.04 bits per heavy atom. The van der Waals surface area contributed by atoms with Crippen LogP contribution in [0.5, 0.6) is 0 Å². The molecule has 0 aliphatic carbocycles. The van der Waals surface area contributed by atoms with Gasteiger partial charge < -0.3 is 4.98 Å². The summed E-state index contributed by atoms with van der Waals surface area (Å²) in [5.74, 6) is 2.37. The smallest absolute Gasteiger partial charge is 0.184 e. The number of H-pyrrole nitrogens is 2. The average molecular weight is 321 g/mol. The summed E-state index contributed by atoms with van der Waals surface area (Å²) < 4.78 is 0. The molecular formula is C17H15N5S. The second-order valence-corrected chi connectivity index (χ2v) is 6.29. The van der Waals surface area contributed by atoms with Crippen LogP contribution in [0.25, 0.3) is 22.4 Å². The third-order valence-electron chi connectivity index (χ3n) is 3.53. The molecule has 2 aromatic carbocycles. The lowest BCUT2D eigenvalue weighted by Gasteiger charge is -1.93.